The van der Waals surface area contributed by atoms with Gasteiger partial charge in [0.25, 0.3) is 5.91 Å². The first-order valence-electron chi connectivity index (χ1n) is 13.8. The Morgan fingerprint density at radius 2 is 1.74 bits per heavy atom. The van der Waals surface area contributed by atoms with Crippen LogP contribution in [0.4, 0.5) is 0 Å². The van der Waals surface area contributed by atoms with Crippen LogP contribution in [-0.2, 0) is 29.0 Å². The Bertz CT molecular complexity index is 1610. The molecule has 5 rings (SSSR count). The molecule has 4 aromatic carbocycles. The topological polar surface area (TPSA) is 141 Å². The number of azide groups is 1. The number of benzene rings is 4. The largest absolute Gasteiger partial charge is 0.494 e. The molecule has 214 valence electrons. The lowest BCUT2D eigenvalue weighted by molar-refractivity contribution is -0.127. The van der Waals surface area contributed by atoms with Crippen molar-refractivity contribution < 1.29 is 19.4 Å². The first kappa shape index (κ1) is 28.6. The normalized spacial score (nSPS) is 15.9. The van der Waals surface area contributed by atoms with Gasteiger partial charge in [0.05, 0.1) is 13.2 Å². The molecule has 10 heteroatoms. The number of ether oxygens (including phenoxy) is 2. The van der Waals surface area contributed by atoms with Crippen LogP contribution in [0.25, 0.3) is 21.2 Å². The number of nitrogens with one attached hydrogen (secondary N) is 2. The Morgan fingerprint density at radius 1 is 1.00 bits per heavy atom. The highest BCUT2D eigenvalue weighted by Gasteiger charge is 2.45. The number of carbonyl (C=O) groups excluding carboxylic acids is 1. The second-order valence-electron chi connectivity index (χ2n) is 9.97. The third kappa shape index (κ3) is 6.70. The SMILES string of the molecule is [N-]=[N+]=NCc1ccccc1C[C@@]1(C(=O)NNCc2cccc3ccccc23)COC(c2ccc(OCCCO)cc2)=N1. The number of rotatable bonds is 13. The van der Waals surface area contributed by atoms with Gasteiger partial charge in [0.2, 0.25) is 5.90 Å². The van der Waals surface area contributed by atoms with Crippen LogP contribution in [0.1, 0.15) is 28.7 Å². The number of hydrogen-bond donors (Lipinski definition) is 3. The highest BCUT2D eigenvalue weighted by atomic mass is 16.5. The van der Waals surface area contributed by atoms with E-state index in [4.69, 9.17) is 25.1 Å². The summed E-state index contributed by atoms with van der Waals surface area (Å²) >= 11 is 0. The summed E-state index contributed by atoms with van der Waals surface area (Å²) in [6.07, 6.45) is 0.794. The number of aliphatic hydroxyl groups excluding tert-OH is 1. The number of hydrazine groups is 1. The smallest absolute Gasteiger partial charge is 0.266 e. The molecule has 10 nitrogen and oxygen atoms in total. The predicted octanol–water partition coefficient (Wildman–Crippen LogP) is 4.99. The van der Waals surface area contributed by atoms with Crippen LogP contribution < -0.4 is 15.6 Å². The molecule has 1 amide bonds. The fraction of sp³-hybridized carbons (Fsp3) is 0.250. The Kier molecular flexibility index (Phi) is 9.30. The van der Waals surface area contributed by atoms with Crippen molar-refractivity contribution in [3.05, 3.63) is 124 Å². The van der Waals surface area contributed by atoms with Gasteiger partial charge < -0.3 is 14.6 Å². The number of aliphatic hydroxyl groups is 1. The summed E-state index contributed by atoms with van der Waals surface area (Å²) in [5, 5.41) is 14.9. The molecule has 0 aromatic heterocycles. The summed E-state index contributed by atoms with van der Waals surface area (Å²) in [6.45, 7) is 1.10. The van der Waals surface area contributed by atoms with Crippen LogP contribution in [0.3, 0.4) is 0 Å². The highest BCUT2D eigenvalue weighted by molar-refractivity contribution is 6.00. The first-order chi connectivity index (χ1) is 20.6. The van der Waals surface area contributed by atoms with Gasteiger partial charge in [-0.25, -0.2) is 10.4 Å². The summed E-state index contributed by atoms with van der Waals surface area (Å²) < 4.78 is 11.7. The molecule has 42 heavy (non-hydrogen) atoms. The van der Waals surface area contributed by atoms with Crippen LogP contribution in [0.5, 0.6) is 5.75 Å². The van der Waals surface area contributed by atoms with E-state index in [1.807, 2.05) is 60.7 Å². The average Bonchev–Trinajstić information content (AvgIpc) is 3.46. The lowest BCUT2D eigenvalue weighted by atomic mass is 9.89. The minimum absolute atomic E-state index is 0.0364. The number of hydrogen-bond acceptors (Lipinski definition) is 7. The van der Waals surface area contributed by atoms with Crippen molar-refractivity contribution in [1.29, 1.82) is 0 Å². The van der Waals surface area contributed by atoms with Crippen molar-refractivity contribution in [3.8, 4) is 5.75 Å². The maximum atomic E-state index is 13.8. The molecular weight excluding hydrogens is 532 g/mol. The molecule has 0 unspecified atom stereocenters. The minimum atomic E-state index is -1.26. The molecule has 1 aliphatic rings. The van der Waals surface area contributed by atoms with Gasteiger partial charge in [-0.15, -0.1) is 0 Å². The third-order valence-electron chi connectivity index (χ3n) is 7.12. The van der Waals surface area contributed by atoms with E-state index in [0.29, 0.717) is 36.8 Å². The second-order valence-corrected chi connectivity index (χ2v) is 9.97. The van der Waals surface area contributed by atoms with E-state index >= 15 is 0 Å². The van der Waals surface area contributed by atoms with Gasteiger partial charge in [0.1, 0.15) is 12.4 Å². The molecular formula is C32H32N6O4. The average molecular weight is 565 g/mol. The summed E-state index contributed by atoms with van der Waals surface area (Å²) in [4.78, 5) is 21.6. The van der Waals surface area contributed by atoms with Crippen LogP contribution in [0.15, 0.2) is 101 Å². The Hall–Kier alpha value is -4.89. The maximum absolute atomic E-state index is 13.8. The summed E-state index contributed by atoms with van der Waals surface area (Å²) in [7, 11) is 0. The zero-order valence-corrected chi connectivity index (χ0v) is 23.1. The van der Waals surface area contributed by atoms with Crippen molar-refractivity contribution in [2.45, 2.75) is 31.5 Å². The van der Waals surface area contributed by atoms with Gasteiger partial charge in [-0.1, -0.05) is 71.8 Å². The Balaban J connectivity index is 1.38. The molecule has 3 N–H and O–H groups in total. The molecule has 1 aliphatic heterocycles. The van der Waals surface area contributed by atoms with E-state index in [-0.39, 0.29) is 32.1 Å². The molecule has 0 saturated heterocycles. The van der Waals surface area contributed by atoms with E-state index in [2.05, 4.69) is 39.1 Å². The fourth-order valence-electron chi connectivity index (χ4n) is 4.92. The molecule has 4 aromatic rings. The molecule has 0 bridgehead atoms. The second kappa shape index (κ2) is 13.6. The van der Waals surface area contributed by atoms with E-state index in [1.54, 1.807) is 12.1 Å². The van der Waals surface area contributed by atoms with Crippen molar-refractivity contribution >= 4 is 22.6 Å². The zero-order valence-electron chi connectivity index (χ0n) is 23.1. The molecule has 0 fully saturated rings. The minimum Gasteiger partial charge on any atom is -0.494 e. The predicted molar refractivity (Wildman–Crippen MR) is 161 cm³/mol. The van der Waals surface area contributed by atoms with Crippen molar-refractivity contribution in [2.75, 3.05) is 19.8 Å². The molecule has 1 heterocycles. The molecule has 1 atom stereocenters. The quantitative estimate of drug-likeness (QED) is 0.0690. The molecule has 0 saturated carbocycles. The fourth-order valence-corrected chi connectivity index (χ4v) is 4.92. The number of nitrogens with zero attached hydrogens (tertiary/aromatic N) is 4. The summed E-state index contributed by atoms with van der Waals surface area (Å²) in [5.74, 6) is 0.688. The Labute approximate surface area is 243 Å². The van der Waals surface area contributed by atoms with Gasteiger partial charge in [0, 0.05) is 36.5 Å². The number of carbonyl (C=O) groups is 1. The van der Waals surface area contributed by atoms with Crippen LogP contribution in [-0.4, -0.2) is 42.3 Å². The Morgan fingerprint density at radius 3 is 2.55 bits per heavy atom. The molecule has 0 radical (unpaired) electrons. The van der Waals surface area contributed by atoms with Gasteiger partial charge in [-0.3, -0.25) is 10.2 Å². The molecule has 0 spiro atoms. The molecule has 0 aliphatic carbocycles. The lowest BCUT2D eigenvalue weighted by Crippen LogP contribution is -2.52. The van der Waals surface area contributed by atoms with Crippen LogP contribution in [0, 0.1) is 0 Å². The first-order valence-corrected chi connectivity index (χ1v) is 13.8. The van der Waals surface area contributed by atoms with Gasteiger partial charge in [-0.2, -0.15) is 0 Å². The van der Waals surface area contributed by atoms with Gasteiger partial charge >= 0.3 is 0 Å². The van der Waals surface area contributed by atoms with Crippen molar-refractivity contribution in [1.82, 2.24) is 10.9 Å². The van der Waals surface area contributed by atoms with E-state index in [9.17, 15) is 4.79 Å². The third-order valence-corrected chi connectivity index (χ3v) is 7.12. The van der Waals surface area contributed by atoms with Gasteiger partial charge in [-0.05, 0) is 57.3 Å². The van der Waals surface area contributed by atoms with E-state index < -0.39 is 5.54 Å². The number of fused-ring (bicyclic) bond motifs is 1. The highest BCUT2D eigenvalue weighted by Crippen LogP contribution is 2.29. The lowest BCUT2D eigenvalue weighted by Gasteiger charge is -2.24. The van der Waals surface area contributed by atoms with E-state index in [1.165, 1.54) is 0 Å². The van der Waals surface area contributed by atoms with Crippen LogP contribution in [0.2, 0.25) is 0 Å². The monoisotopic (exact) mass is 564 g/mol. The number of aliphatic imine (C=N–C) groups is 1. The summed E-state index contributed by atoms with van der Waals surface area (Å²) in [5.41, 5.74) is 17.0. The number of amides is 1. The maximum Gasteiger partial charge on any atom is 0.266 e. The van der Waals surface area contributed by atoms with E-state index in [0.717, 1.165) is 27.5 Å². The summed E-state index contributed by atoms with van der Waals surface area (Å²) in [6, 6.07) is 29.0. The van der Waals surface area contributed by atoms with Crippen molar-refractivity contribution in [3.63, 3.8) is 0 Å². The standard InChI is InChI=1S/C32H32N6O4/c33-38-35-20-26-9-2-1-8-25(26)19-32(22-42-30(36-32)24-13-15-28(16-14-24)41-18-6-17-39)31(40)37-34-21-27-11-5-10-23-7-3-4-12-29(23)27/h1-5,7-16,34,39H,6,17-22H2,(H,37,40)/t32-/m0/s1. The van der Waals surface area contributed by atoms with Gasteiger partial charge in [0.15, 0.2) is 5.54 Å². The van der Waals surface area contributed by atoms with Crippen molar-refractivity contribution in [2.24, 2.45) is 10.1 Å². The van der Waals surface area contributed by atoms with Crippen LogP contribution >= 0.6 is 0 Å². The zero-order chi connectivity index (χ0) is 29.2.